The van der Waals surface area contributed by atoms with Crippen molar-refractivity contribution in [3.63, 3.8) is 0 Å². The topological polar surface area (TPSA) is 101 Å². The highest BCUT2D eigenvalue weighted by Crippen LogP contribution is 2.22. The molecule has 0 fully saturated rings. The quantitative estimate of drug-likeness (QED) is 0.918. The van der Waals surface area contributed by atoms with E-state index in [-0.39, 0.29) is 12.4 Å². The first-order valence-electron chi connectivity index (χ1n) is 7.54. The number of nitrogens with zero attached hydrogens (tertiary/aromatic N) is 5. The molecule has 24 heavy (non-hydrogen) atoms. The molecule has 8 nitrogen and oxygen atoms in total. The number of aromatic nitrogens is 4. The van der Waals surface area contributed by atoms with E-state index in [0.29, 0.717) is 11.5 Å². The van der Waals surface area contributed by atoms with Crippen LogP contribution in [0.15, 0.2) is 30.6 Å². The molecule has 0 saturated heterocycles. The summed E-state index contributed by atoms with van der Waals surface area (Å²) in [4.78, 5) is 22.5. The summed E-state index contributed by atoms with van der Waals surface area (Å²) >= 11 is 0. The summed E-state index contributed by atoms with van der Waals surface area (Å²) in [6.07, 6.45) is 2.73. The van der Waals surface area contributed by atoms with Gasteiger partial charge in [0.05, 0.1) is 18.3 Å². The van der Waals surface area contributed by atoms with Crippen LogP contribution in [0.25, 0.3) is 0 Å². The number of carbonyl (C=O) groups excluding carboxylic acids is 1. The Morgan fingerprint density at radius 1 is 1.25 bits per heavy atom. The first-order valence-corrected chi connectivity index (χ1v) is 7.54. The van der Waals surface area contributed by atoms with Crippen LogP contribution < -0.4 is 0 Å². The van der Waals surface area contributed by atoms with Crippen molar-refractivity contribution in [1.29, 1.82) is 0 Å². The lowest BCUT2D eigenvalue weighted by Crippen LogP contribution is -2.38. The van der Waals surface area contributed by atoms with Gasteiger partial charge in [-0.2, -0.15) is 5.10 Å². The second kappa shape index (κ2) is 7.20. The summed E-state index contributed by atoms with van der Waals surface area (Å²) in [5.41, 5.74) is -0.116. The summed E-state index contributed by atoms with van der Waals surface area (Å²) in [6, 6.07) is 4.30. The molecule has 0 saturated carbocycles. The molecule has 0 aliphatic rings. The maximum absolute atomic E-state index is 12.6. The zero-order valence-electron chi connectivity index (χ0n) is 14.2. The van der Waals surface area contributed by atoms with Gasteiger partial charge in [-0.1, -0.05) is 0 Å². The van der Waals surface area contributed by atoms with Crippen LogP contribution in [-0.2, 0) is 11.3 Å². The molecule has 0 bridgehead atoms. The van der Waals surface area contributed by atoms with E-state index in [1.807, 2.05) is 6.92 Å². The molecule has 0 aromatic carbocycles. The van der Waals surface area contributed by atoms with Crippen molar-refractivity contribution in [3.8, 4) is 5.88 Å². The second-order valence-corrected chi connectivity index (χ2v) is 6.27. The van der Waals surface area contributed by atoms with Crippen molar-refractivity contribution >= 4 is 6.09 Å². The molecule has 1 atom stereocenters. The summed E-state index contributed by atoms with van der Waals surface area (Å²) in [5.74, 6) is 0.317. The smallest absolute Gasteiger partial charge is 0.411 e. The van der Waals surface area contributed by atoms with Crippen molar-refractivity contribution in [3.05, 3.63) is 42.1 Å². The Morgan fingerprint density at radius 2 is 1.92 bits per heavy atom. The van der Waals surface area contributed by atoms with E-state index in [9.17, 15) is 9.90 Å². The van der Waals surface area contributed by atoms with E-state index in [1.54, 1.807) is 45.3 Å². The number of carbonyl (C=O) groups is 1. The minimum absolute atomic E-state index is 0.154. The average molecular weight is 331 g/mol. The Kier molecular flexibility index (Phi) is 5.28. The number of hydrogen-bond donors (Lipinski definition) is 1. The fourth-order valence-electron chi connectivity index (χ4n) is 1.96. The maximum atomic E-state index is 12.6. The number of aromatic hydroxyl groups is 1. The Balaban J connectivity index is 2.26. The molecule has 8 heteroatoms. The van der Waals surface area contributed by atoms with Gasteiger partial charge in [0.15, 0.2) is 5.82 Å². The lowest BCUT2D eigenvalue weighted by atomic mass is 10.2. The van der Waals surface area contributed by atoms with Gasteiger partial charge in [-0.25, -0.2) is 14.8 Å². The van der Waals surface area contributed by atoms with Gasteiger partial charge >= 0.3 is 6.09 Å². The normalized spacial score (nSPS) is 12.5. The molecule has 0 spiro atoms. The number of amides is 1. The molecular weight excluding hydrogens is 310 g/mol. The SMILES string of the molecule is CC(c1ncccn1)N(Cc1ccc(O)nn1)C(=O)OC(C)(C)C. The molecule has 2 rings (SSSR count). The molecule has 2 aromatic rings. The van der Waals surface area contributed by atoms with E-state index in [4.69, 9.17) is 4.74 Å². The third-order valence-corrected chi connectivity index (χ3v) is 3.09. The average Bonchev–Trinajstić information content (AvgIpc) is 2.53. The van der Waals surface area contributed by atoms with Crippen LogP contribution in [0, 0.1) is 0 Å². The molecule has 1 amide bonds. The molecule has 1 unspecified atom stereocenters. The summed E-state index contributed by atoms with van der Waals surface area (Å²) < 4.78 is 5.47. The lowest BCUT2D eigenvalue weighted by Gasteiger charge is -2.30. The van der Waals surface area contributed by atoms with Gasteiger partial charge in [0.1, 0.15) is 5.60 Å². The van der Waals surface area contributed by atoms with Crippen molar-refractivity contribution in [2.45, 2.75) is 45.9 Å². The Hall–Kier alpha value is -2.77. The molecule has 0 radical (unpaired) electrons. The summed E-state index contributed by atoms with van der Waals surface area (Å²) in [7, 11) is 0. The minimum Gasteiger partial charge on any atom is -0.492 e. The maximum Gasteiger partial charge on any atom is 0.411 e. The molecular formula is C16H21N5O3. The lowest BCUT2D eigenvalue weighted by molar-refractivity contribution is 0.0141. The highest BCUT2D eigenvalue weighted by molar-refractivity contribution is 5.68. The molecule has 1 N–H and O–H groups in total. The summed E-state index contributed by atoms with van der Waals surface area (Å²) in [6.45, 7) is 7.36. The van der Waals surface area contributed by atoms with E-state index in [1.165, 1.54) is 11.0 Å². The van der Waals surface area contributed by atoms with Crippen molar-refractivity contribution < 1.29 is 14.6 Å². The Labute approximate surface area is 140 Å². The van der Waals surface area contributed by atoms with Crippen LogP contribution in [0.3, 0.4) is 0 Å². The number of rotatable bonds is 4. The van der Waals surface area contributed by atoms with Gasteiger partial charge in [0.25, 0.3) is 0 Å². The molecule has 0 aliphatic carbocycles. The predicted octanol–water partition coefficient (Wildman–Crippen LogP) is 2.47. The third kappa shape index (κ3) is 4.87. The predicted molar refractivity (Wildman–Crippen MR) is 85.9 cm³/mol. The number of ether oxygens (including phenoxy) is 1. The fraction of sp³-hybridized carbons (Fsp3) is 0.438. The van der Waals surface area contributed by atoms with Crippen molar-refractivity contribution in [2.24, 2.45) is 0 Å². The second-order valence-electron chi connectivity index (χ2n) is 6.27. The van der Waals surface area contributed by atoms with Gasteiger partial charge < -0.3 is 9.84 Å². The molecule has 2 heterocycles. The first-order chi connectivity index (χ1) is 11.3. The molecule has 128 valence electrons. The van der Waals surface area contributed by atoms with Gasteiger partial charge in [0, 0.05) is 18.5 Å². The first kappa shape index (κ1) is 17.6. The van der Waals surface area contributed by atoms with Gasteiger partial charge in [-0.15, -0.1) is 5.10 Å². The van der Waals surface area contributed by atoms with E-state index >= 15 is 0 Å². The molecule has 2 aromatic heterocycles. The van der Waals surface area contributed by atoms with Crippen LogP contribution in [0.1, 0.15) is 45.3 Å². The van der Waals surface area contributed by atoms with Crippen molar-refractivity contribution in [1.82, 2.24) is 25.1 Å². The highest BCUT2D eigenvalue weighted by Gasteiger charge is 2.28. The monoisotopic (exact) mass is 331 g/mol. The minimum atomic E-state index is -0.632. The molecule has 0 aliphatic heterocycles. The Bertz CT molecular complexity index is 670. The zero-order valence-corrected chi connectivity index (χ0v) is 14.2. The van der Waals surface area contributed by atoms with Crippen LogP contribution in [0.4, 0.5) is 4.79 Å². The van der Waals surface area contributed by atoms with Crippen LogP contribution in [0.2, 0.25) is 0 Å². The van der Waals surface area contributed by atoms with Crippen LogP contribution in [-0.4, -0.2) is 41.9 Å². The van der Waals surface area contributed by atoms with Crippen LogP contribution >= 0.6 is 0 Å². The largest absolute Gasteiger partial charge is 0.492 e. The van der Waals surface area contributed by atoms with E-state index in [2.05, 4.69) is 20.2 Å². The Morgan fingerprint density at radius 3 is 2.46 bits per heavy atom. The van der Waals surface area contributed by atoms with E-state index in [0.717, 1.165) is 0 Å². The van der Waals surface area contributed by atoms with E-state index < -0.39 is 17.7 Å². The standard InChI is InChI=1S/C16H21N5O3/c1-11(14-17-8-5-9-18-14)21(15(23)24-16(2,3)4)10-12-6-7-13(22)20-19-12/h5-9,11H,10H2,1-4H3,(H,20,22). The van der Waals surface area contributed by atoms with Crippen molar-refractivity contribution in [2.75, 3.05) is 0 Å². The summed E-state index contributed by atoms with van der Waals surface area (Å²) in [5, 5.41) is 16.7. The third-order valence-electron chi connectivity index (χ3n) is 3.09. The van der Waals surface area contributed by atoms with Gasteiger partial charge in [-0.3, -0.25) is 4.90 Å². The van der Waals surface area contributed by atoms with Gasteiger partial charge in [-0.05, 0) is 39.8 Å². The number of hydrogen-bond acceptors (Lipinski definition) is 7. The highest BCUT2D eigenvalue weighted by atomic mass is 16.6. The zero-order chi connectivity index (χ0) is 17.7. The fourth-order valence-corrected chi connectivity index (χ4v) is 1.96. The van der Waals surface area contributed by atoms with Crippen LogP contribution in [0.5, 0.6) is 5.88 Å². The van der Waals surface area contributed by atoms with Gasteiger partial charge in [0.2, 0.25) is 5.88 Å².